The number of nitrogens with one attached hydrogen (secondary N) is 1. The van der Waals surface area contributed by atoms with Crippen LogP contribution >= 0.6 is 0 Å². The second-order valence-electron chi connectivity index (χ2n) is 16.6. The standard InChI is InChI=1S/C50H46N6O5/c1-5-10-31-11-9-14-40(45(31)57)44-38-27-28-39-43(48(60)55(46(39)58)37-25-21-34(22-26-37)52-51-33-19-23-36(24-20-33)54(3)4)41(38)29-42-47(59)56(53-35-17-15-30(2)16-18-35)49(61)50(42,44)32-12-7-6-8-13-32/h5-9,11-27,39,41-44,53,57H,1,10,28-29H2,2-4H3. The van der Waals surface area contributed by atoms with Crippen molar-refractivity contribution in [2.45, 2.75) is 37.5 Å². The molecule has 2 N–H and O–H groups in total. The Kier molecular flexibility index (Phi) is 9.97. The number of imide groups is 2. The van der Waals surface area contributed by atoms with E-state index in [1.807, 2.05) is 129 Å². The number of allylic oxidation sites excluding steroid dienone is 3. The quantitative estimate of drug-likeness (QED) is 0.0817. The molecule has 5 aromatic carbocycles. The Labute approximate surface area is 354 Å². The monoisotopic (exact) mass is 810 g/mol. The van der Waals surface area contributed by atoms with E-state index in [1.165, 1.54) is 4.90 Å². The van der Waals surface area contributed by atoms with E-state index in [9.17, 15) is 14.7 Å². The second kappa shape index (κ2) is 15.5. The molecule has 6 unspecified atom stereocenters. The first-order chi connectivity index (χ1) is 29.5. The first-order valence-electron chi connectivity index (χ1n) is 20.6. The predicted octanol–water partition coefficient (Wildman–Crippen LogP) is 9.10. The fraction of sp³-hybridized carbons (Fsp3) is 0.240. The van der Waals surface area contributed by atoms with Crippen LogP contribution in [-0.4, -0.2) is 47.8 Å². The van der Waals surface area contributed by atoms with E-state index in [0.717, 1.165) is 21.8 Å². The Hall–Kier alpha value is -7.14. The number of anilines is 3. The van der Waals surface area contributed by atoms with Gasteiger partial charge in [-0.1, -0.05) is 84.0 Å². The van der Waals surface area contributed by atoms with Gasteiger partial charge < -0.3 is 10.0 Å². The molecular formula is C50H46N6O5. The van der Waals surface area contributed by atoms with Gasteiger partial charge in [-0.2, -0.15) is 15.2 Å². The van der Waals surface area contributed by atoms with E-state index >= 15 is 9.59 Å². The number of aromatic hydroxyl groups is 1. The molecule has 0 aromatic heterocycles. The number of hydrogen-bond acceptors (Lipinski definition) is 9. The number of carbonyl (C=O) groups is 4. The third kappa shape index (κ3) is 6.43. The van der Waals surface area contributed by atoms with Crippen LogP contribution in [-0.2, 0) is 31.0 Å². The zero-order valence-corrected chi connectivity index (χ0v) is 34.2. The van der Waals surface area contributed by atoms with Crippen LogP contribution in [0.5, 0.6) is 5.75 Å². The van der Waals surface area contributed by atoms with Gasteiger partial charge in [0.1, 0.15) is 5.75 Å². The summed E-state index contributed by atoms with van der Waals surface area (Å²) in [5.41, 5.74) is 8.42. The van der Waals surface area contributed by atoms with E-state index in [4.69, 9.17) is 0 Å². The molecule has 61 heavy (non-hydrogen) atoms. The third-order valence-electron chi connectivity index (χ3n) is 13.0. The van der Waals surface area contributed by atoms with Crippen molar-refractivity contribution in [1.82, 2.24) is 5.01 Å². The first kappa shape index (κ1) is 39.3. The molecule has 0 bridgehead atoms. The number of hydrogen-bond donors (Lipinski definition) is 2. The molecule has 2 heterocycles. The zero-order chi connectivity index (χ0) is 42.6. The summed E-state index contributed by atoms with van der Waals surface area (Å²) in [6.45, 7) is 5.85. The van der Waals surface area contributed by atoms with E-state index < -0.39 is 46.8 Å². The maximum atomic E-state index is 15.5. The maximum absolute atomic E-state index is 15.5. The van der Waals surface area contributed by atoms with Gasteiger partial charge >= 0.3 is 0 Å². The highest BCUT2D eigenvalue weighted by Gasteiger charge is 2.70. The molecule has 2 aliphatic heterocycles. The highest BCUT2D eigenvalue weighted by Crippen LogP contribution is 2.65. The van der Waals surface area contributed by atoms with E-state index in [0.29, 0.717) is 45.9 Å². The van der Waals surface area contributed by atoms with Crippen LogP contribution in [0, 0.1) is 30.6 Å². The predicted molar refractivity (Wildman–Crippen MR) is 235 cm³/mol. The molecule has 4 amide bonds. The number of nitrogens with zero attached hydrogens (tertiary/aromatic N) is 5. The highest BCUT2D eigenvalue weighted by molar-refractivity contribution is 6.22. The van der Waals surface area contributed by atoms with Crippen LogP contribution in [0.25, 0.3) is 0 Å². The van der Waals surface area contributed by atoms with Crippen molar-refractivity contribution in [3.8, 4) is 5.75 Å². The molecule has 11 nitrogen and oxygen atoms in total. The largest absolute Gasteiger partial charge is 0.507 e. The molecule has 2 saturated heterocycles. The lowest BCUT2D eigenvalue weighted by Gasteiger charge is -2.50. The maximum Gasteiger partial charge on any atom is 0.260 e. The van der Waals surface area contributed by atoms with Gasteiger partial charge in [-0.05, 0) is 104 Å². The minimum Gasteiger partial charge on any atom is -0.507 e. The number of benzene rings is 5. The number of amides is 4. The fourth-order valence-electron chi connectivity index (χ4n) is 10.1. The smallest absolute Gasteiger partial charge is 0.260 e. The van der Waals surface area contributed by atoms with Gasteiger partial charge in [-0.15, -0.1) is 6.58 Å². The average Bonchev–Trinajstić information content (AvgIpc) is 3.65. The minimum absolute atomic E-state index is 0.00795. The van der Waals surface area contributed by atoms with Gasteiger partial charge in [0, 0.05) is 31.3 Å². The van der Waals surface area contributed by atoms with Crippen LogP contribution in [0.1, 0.15) is 41.0 Å². The molecule has 3 fully saturated rings. The molecule has 5 aromatic rings. The van der Waals surface area contributed by atoms with Crippen molar-refractivity contribution in [3.63, 3.8) is 0 Å². The van der Waals surface area contributed by atoms with Gasteiger partial charge in [-0.25, -0.2) is 0 Å². The summed E-state index contributed by atoms with van der Waals surface area (Å²) in [4.78, 5) is 63.0. The molecule has 9 rings (SSSR count). The van der Waals surface area contributed by atoms with Crippen molar-refractivity contribution in [2.24, 2.45) is 33.9 Å². The molecule has 2 aliphatic carbocycles. The minimum atomic E-state index is -1.50. The lowest BCUT2D eigenvalue weighted by molar-refractivity contribution is -0.138. The second-order valence-corrected chi connectivity index (χ2v) is 16.6. The molecule has 0 radical (unpaired) electrons. The number of azo groups is 1. The Morgan fingerprint density at radius 3 is 2.13 bits per heavy atom. The van der Waals surface area contributed by atoms with Crippen LogP contribution in [0.4, 0.5) is 28.4 Å². The summed E-state index contributed by atoms with van der Waals surface area (Å²) >= 11 is 0. The average molecular weight is 811 g/mol. The summed E-state index contributed by atoms with van der Waals surface area (Å²) < 4.78 is 0. The number of carbonyl (C=O) groups excluding carboxylic acids is 4. The summed E-state index contributed by atoms with van der Waals surface area (Å²) in [6, 6.07) is 36.7. The summed E-state index contributed by atoms with van der Waals surface area (Å²) in [7, 11) is 3.93. The Morgan fingerprint density at radius 2 is 1.48 bits per heavy atom. The number of rotatable bonds is 10. The summed E-state index contributed by atoms with van der Waals surface area (Å²) in [5.74, 6) is -5.42. The van der Waals surface area contributed by atoms with Crippen LogP contribution in [0.3, 0.4) is 0 Å². The lowest BCUT2D eigenvalue weighted by atomic mass is 9.49. The van der Waals surface area contributed by atoms with Crippen molar-refractivity contribution < 1.29 is 24.3 Å². The van der Waals surface area contributed by atoms with E-state index in [1.54, 1.807) is 30.3 Å². The number of aryl methyl sites for hydroxylation is 1. The van der Waals surface area contributed by atoms with Gasteiger partial charge in [0.15, 0.2) is 0 Å². The third-order valence-corrected chi connectivity index (χ3v) is 13.0. The van der Waals surface area contributed by atoms with Crippen LogP contribution in [0.2, 0.25) is 0 Å². The van der Waals surface area contributed by atoms with Gasteiger partial charge in [0.2, 0.25) is 11.8 Å². The van der Waals surface area contributed by atoms with E-state index in [-0.39, 0.29) is 30.4 Å². The summed E-state index contributed by atoms with van der Waals surface area (Å²) in [5, 5.41) is 22.0. The molecule has 1 saturated carbocycles. The van der Waals surface area contributed by atoms with Crippen LogP contribution in [0.15, 0.2) is 156 Å². The van der Waals surface area contributed by atoms with Gasteiger partial charge in [0.25, 0.3) is 11.8 Å². The SMILES string of the molecule is C=CCc1cccc(C2C3=CCC4C(=O)N(c5ccc(N=Nc6ccc(N(C)C)cc6)cc5)C(=O)C4C3CC3C(=O)N(Nc4ccc(C)cc4)C(=O)C32c2ccccc2)c1O. The topological polar surface area (TPSA) is 135 Å². The fourth-order valence-corrected chi connectivity index (χ4v) is 10.1. The summed E-state index contributed by atoms with van der Waals surface area (Å²) in [6.07, 6.45) is 4.47. The van der Waals surface area contributed by atoms with Crippen molar-refractivity contribution >= 4 is 52.1 Å². The number of para-hydroxylation sites is 1. The number of phenolic OH excluding ortho intramolecular Hbond substituents is 1. The van der Waals surface area contributed by atoms with E-state index in [2.05, 4.69) is 22.2 Å². The number of fused-ring (bicyclic) bond motifs is 4. The number of hydrazine groups is 1. The van der Waals surface area contributed by atoms with Crippen LogP contribution < -0.4 is 15.2 Å². The Balaban J connectivity index is 1.12. The highest BCUT2D eigenvalue weighted by atomic mass is 16.3. The van der Waals surface area contributed by atoms with Gasteiger partial charge in [0.05, 0.1) is 45.9 Å². The number of phenols is 1. The molecule has 11 heteroatoms. The normalized spacial score (nSPS) is 24.4. The van der Waals surface area contributed by atoms with Crippen molar-refractivity contribution in [3.05, 3.63) is 168 Å². The molecule has 0 spiro atoms. The molecule has 6 atom stereocenters. The zero-order valence-electron chi connectivity index (χ0n) is 34.2. The Bertz CT molecular complexity index is 2620. The van der Waals surface area contributed by atoms with Gasteiger partial charge in [-0.3, -0.25) is 29.5 Å². The van der Waals surface area contributed by atoms with Crippen molar-refractivity contribution in [2.75, 3.05) is 29.3 Å². The molecule has 4 aliphatic rings. The lowest BCUT2D eigenvalue weighted by Crippen LogP contribution is -2.53. The Morgan fingerprint density at radius 1 is 0.803 bits per heavy atom. The van der Waals surface area contributed by atoms with Crippen molar-refractivity contribution in [1.29, 1.82) is 0 Å². The molecule has 306 valence electrons. The molecular weight excluding hydrogens is 765 g/mol. The first-order valence-corrected chi connectivity index (χ1v) is 20.6.